The molecule has 4 rings (SSSR count). The van der Waals surface area contributed by atoms with Crippen LogP contribution in [0, 0.1) is 0 Å². The number of amides is 2. The van der Waals surface area contributed by atoms with Gasteiger partial charge in [0.25, 0.3) is 5.91 Å². The minimum absolute atomic E-state index is 0.0167. The Morgan fingerprint density at radius 3 is 2.59 bits per heavy atom. The molecule has 8 nitrogen and oxygen atoms in total. The first-order valence-electron chi connectivity index (χ1n) is 9.75. The number of hydrogen-bond donors (Lipinski definition) is 4. The molecule has 32 heavy (non-hydrogen) atoms. The van der Waals surface area contributed by atoms with Crippen molar-refractivity contribution in [3.8, 4) is 17.1 Å². The molecule has 4 N–H and O–H groups in total. The molecule has 162 valence electrons. The number of benzene rings is 3. The van der Waals surface area contributed by atoms with Crippen molar-refractivity contribution < 1.29 is 19.5 Å². The van der Waals surface area contributed by atoms with Crippen LogP contribution in [0.4, 0.5) is 5.69 Å². The molecule has 1 heterocycles. The summed E-state index contributed by atoms with van der Waals surface area (Å²) in [5, 5.41) is 11.8. The number of ether oxygens (including phenoxy) is 1. The molecular weight excluding hydrogens is 432 g/mol. The highest BCUT2D eigenvalue weighted by Gasteiger charge is 2.12. The van der Waals surface area contributed by atoms with Crippen LogP contribution in [0.2, 0.25) is 5.02 Å². The lowest BCUT2D eigenvalue weighted by atomic mass is 10.1. The predicted molar refractivity (Wildman–Crippen MR) is 121 cm³/mol. The molecule has 0 saturated heterocycles. The summed E-state index contributed by atoms with van der Waals surface area (Å²) in [4.78, 5) is 31.4. The predicted octanol–water partition coefficient (Wildman–Crippen LogP) is 4.41. The number of aromatic amines is 1. The van der Waals surface area contributed by atoms with Gasteiger partial charge in [0.2, 0.25) is 5.91 Å². The second kappa shape index (κ2) is 9.51. The van der Waals surface area contributed by atoms with E-state index in [0.29, 0.717) is 33.4 Å². The average molecular weight is 451 g/mol. The Morgan fingerprint density at radius 2 is 1.84 bits per heavy atom. The minimum atomic E-state index is -0.536. The molecule has 1 aromatic heterocycles. The SMILES string of the molecule is O=C(CCOc1ccc(C(=O)Nc2ccc(Cl)c(-c3nc4ccccc4[nH]3)c2)cc1)NO. The largest absolute Gasteiger partial charge is 0.493 e. The van der Waals surface area contributed by atoms with Crippen molar-refractivity contribution in [3.05, 3.63) is 77.3 Å². The van der Waals surface area contributed by atoms with Gasteiger partial charge in [-0.3, -0.25) is 14.8 Å². The Morgan fingerprint density at radius 1 is 1.06 bits per heavy atom. The van der Waals surface area contributed by atoms with E-state index in [9.17, 15) is 9.59 Å². The number of imidazole rings is 1. The molecule has 4 aromatic rings. The van der Waals surface area contributed by atoms with Crippen LogP contribution in [-0.4, -0.2) is 33.6 Å². The van der Waals surface area contributed by atoms with E-state index in [2.05, 4.69) is 15.3 Å². The third-order valence-corrected chi connectivity index (χ3v) is 5.04. The van der Waals surface area contributed by atoms with E-state index in [1.54, 1.807) is 42.5 Å². The Balaban J connectivity index is 1.45. The fourth-order valence-corrected chi connectivity index (χ4v) is 3.30. The van der Waals surface area contributed by atoms with Gasteiger partial charge in [-0.2, -0.15) is 0 Å². The fourth-order valence-electron chi connectivity index (χ4n) is 3.09. The molecule has 0 saturated carbocycles. The van der Waals surface area contributed by atoms with Crippen LogP contribution >= 0.6 is 11.6 Å². The molecule has 0 aliphatic heterocycles. The highest BCUT2D eigenvalue weighted by Crippen LogP contribution is 2.30. The summed E-state index contributed by atoms with van der Waals surface area (Å²) in [5.74, 6) is 0.287. The van der Waals surface area contributed by atoms with Gasteiger partial charge in [0, 0.05) is 16.8 Å². The Kier molecular flexibility index (Phi) is 6.34. The zero-order chi connectivity index (χ0) is 22.5. The van der Waals surface area contributed by atoms with Gasteiger partial charge in [-0.1, -0.05) is 23.7 Å². The van der Waals surface area contributed by atoms with Crippen LogP contribution in [0.3, 0.4) is 0 Å². The number of hydrogen-bond acceptors (Lipinski definition) is 5. The number of H-pyrrole nitrogens is 1. The first kappa shape index (κ1) is 21.4. The average Bonchev–Trinajstić information content (AvgIpc) is 3.24. The molecular formula is C23H19ClN4O4. The molecule has 3 aromatic carbocycles. The van der Waals surface area contributed by atoms with Crippen LogP contribution < -0.4 is 15.5 Å². The number of halogens is 1. The second-order valence-corrected chi connectivity index (χ2v) is 7.32. The Bertz CT molecular complexity index is 1240. The third-order valence-electron chi connectivity index (χ3n) is 4.71. The quantitative estimate of drug-likeness (QED) is 0.246. The molecule has 0 spiro atoms. The number of nitrogens with zero attached hydrogens (tertiary/aromatic N) is 1. The van der Waals surface area contributed by atoms with E-state index in [4.69, 9.17) is 21.5 Å². The lowest BCUT2D eigenvalue weighted by Crippen LogP contribution is -2.20. The monoisotopic (exact) mass is 450 g/mol. The standard InChI is InChI=1S/C23H19ClN4O4/c24-18-10-7-15(13-17(18)22-26-19-3-1-2-4-20(19)27-22)25-23(30)14-5-8-16(9-6-14)32-12-11-21(29)28-31/h1-10,13,31H,11-12H2,(H,25,30)(H,26,27)(H,28,29). The number of para-hydroxylation sites is 2. The number of anilines is 1. The zero-order valence-electron chi connectivity index (χ0n) is 16.8. The number of hydroxylamine groups is 1. The topological polar surface area (TPSA) is 116 Å². The van der Waals surface area contributed by atoms with Crippen molar-refractivity contribution in [1.82, 2.24) is 15.4 Å². The number of fused-ring (bicyclic) bond motifs is 1. The third kappa shape index (κ3) is 4.88. The van der Waals surface area contributed by atoms with Gasteiger partial charge in [0.1, 0.15) is 11.6 Å². The minimum Gasteiger partial charge on any atom is -0.493 e. The maximum atomic E-state index is 12.7. The maximum absolute atomic E-state index is 12.7. The molecule has 0 unspecified atom stereocenters. The highest BCUT2D eigenvalue weighted by molar-refractivity contribution is 6.33. The van der Waals surface area contributed by atoms with Crippen LogP contribution in [0.25, 0.3) is 22.4 Å². The molecule has 0 aliphatic rings. The highest BCUT2D eigenvalue weighted by atomic mass is 35.5. The van der Waals surface area contributed by atoms with Gasteiger partial charge in [-0.25, -0.2) is 10.5 Å². The summed E-state index contributed by atoms with van der Waals surface area (Å²) in [5.41, 5.74) is 4.95. The molecule has 9 heteroatoms. The molecule has 0 radical (unpaired) electrons. The summed E-state index contributed by atoms with van der Waals surface area (Å²) < 4.78 is 5.41. The van der Waals surface area contributed by atoms with Gasteiger partial charge in [0.15, 0.2) is 0 Å². The smallest absolute Gasteiger partial charge is 0.255 e. The lowest BCUT2D eigenvalue weighted by Gasteiger charge is -2.09. The van der Waals surface area contributed by atoms with Crippen molar-refractivity contribution >= 4 is 40.1 Å². The van der Waals surface area contributed by atoms with Crippen LogP contribution in [0.15, 0.2) is 66.7 Å². The van der Waals surface area contributed by atoms with Crippen LogP contribution in [0.5, 0.6) is 5.75 Å². The summed E-state index contributed by atoms with van der Waals surface area (Å²) >= 11 is 6.37. The number of aromatic nitrogens is 2. The Labute approximate surface area is 188 Å². The van der Waals surface area contributed by atoms with E-state index in [1.807, 2.05) is 24.3 Å². The number of nitrogens with one attached hydrogen (secondary N) is 3. The van der Waals surface area contributed by atoms with Crippen LogP contribution in [0.1, 0.15) is 16.8 Å². The first-order chi connectivity index (χ1) is 15.5. The molecule has 0 aliphatic carbocycles. The van der Waals surface area contributed by atoms with Crippen molar-refractivity contribution in [2.24, 2.45) is 0 Å². The first-order valence-corrected chi connectivity index (χ1v) is 10.1. The molecule has 0 atom stereocenters. The van der Waals surface area contributed by atoms with Gasteiger partial charge in [-0.15, -0.1) is 0 Å². The summed E-state index contributed by atoms with van der Waals surface area (Å²) in [6, 6.07) is 19.4. The molecule has 0 fully saturated rings. The lowest BCUT2D eigenvalue weighted by molar-refractivity contribution is -0.129. The fraction of sp³-hybridized carbons (Fsp3) is 0.0870. The van der Waals surface area contributed by atoms with E-state index in [0.717, 1.165) is 11.0 Å². The normalized spacial score (nSPS) is 10.7. The number of rotatable bonds is 7. The van der Waals surface area contributed by atoms with Crippen molar-refractivity contribution in [2.45, 2.75) is 6.42 Å². The Hall–Kier alpha value is -3.88. The van der Waals surface area contributed by atoms with Gasteiger partial charge >= 0.3 is 0 Å². The van der Waals surface area contributed by atoms with Gasteiger partial charge < -0.3 is 15.0 Å². The van der Waals surface area contributed by atoms with Crippen molar-refractivity contribution in [3.63, 3.8) is 0 Å². The van der Waals surface area contributed by atoms with E-state index in [1.165, 1.54) is 5.48 Å². The number of carbonyl (C=O) groups is 2. The summed E-state index contributed by atoms with van der Waals surface area (Å²) in [6.07, 6.45) is 0.0167. The van der Waals surface area contributed by atoms with E-state index >= 15 is 0 Å². The molecule has 0 bridgehead atoms. The molecule has 2 amide bonds. The van der Waals surface area contributed by atoms with Crippen LogP contribution in [-0.2, 0) is 4.79 Å². The van der Waals surface area contributed by atoms with Crippen molar-refractivity contribution in [2.75, 3.05) is 11.9 Å². The summed E-state index contributed by atoms with van der Waals surface area (Å²) in [6.45, 7) is 0.104. The van der Waals surface area contributed by atoms with Gasteiger partial charge in [-0.05, 0) is 54.6 Å². The van der Waals surface area contributed by atoms with Crippen molar-refractivity contribution in [1.29, 1.82) is 0 Å². The van der Waals surface area contributed by atoms with E-state index in [-0.39, 0.29) is 18.9 Å². The summed E-state index contributed by atoms with van der Waals surface area (Å²) in [7, 11) is 0. The zero-order valence-corrected chi connectivity index (χ0v) is 17.5. The maximum Gasteiger partial charge on any atom is 0.255 e. The van der Waals surface area contributed by atoms with E-state index < -0.39 is 5.91 Å². The van der Waals surface area contributed by atoms with Gasteiger partial charge in [0.05, 0.1) is 29.1 Å². The second-order valence-electron chi connectivity index (χ2n) is 6.91. The number of carbonyl (C=O) groups excluding carboxylic acids is 2.